The zero-order valence-corrected chi connectivity index (χ0v) is 14.9. The lowest BCUT2D eigenvalue weighted by atomic mass is 9.89. The van der Waals surface area contributed by atoms with Crippen molar-refractivity contribution in [2.75, 3.05) is 12.0 Å². The molecule has 2 aliphatic heterocycles. The van der Waals surface area contributed by atoms with Crippen molar-refractivity contribution in [2.45, 2.75) is 32.0 Å². The predicted octanol–water partition coefficient (Wildman–Crippen LogP) is 3.55. The Morgan fingerprint density at radius 2 is 2.08 bits per heavy atom. The molecule has 2 heterocycles. The maximum atomic E-state index is 12.9. The molecule has 2 atom stereocenters. The van der Waals surface area contributed by atoms with Gasteiger partial charge in [0, 0.05) is 12.0 Å². The number of para-hydroxylation sites is 1. The Hall–Kier alpha value is -3.02. The van der Waals surface area contributed by atoms with E-state index in [9.17, 15) is 9.59 Å². The molecule has 4 rings (SSSR count). The molecule has 0 aliphatic carbocycles. The van der Waals surface area contributed by atoms with Crippen molar-refractivity contribution in [3.63, 3.8) is 0 Å². The monoisotopic (exact) mass is 352 g/mol. The number of rotatable bonds is 2. The third-order valence-corrected chi connectivity index (χ3v) is 5.05. The maximum absolute atomic E-state index is 12.9. The highest BCUT2D eigenvalue weighted by Gasteiger charge is 2.50. The summed E-state index contributed by atoms with van der Waals surface area (Å²) in [7, 11) is 1.35. The fourth-order valence-corrected chi connectivity index (χ4v) is 3.80. The van der Waals surface area contributed by atoms with E-state index in [1.807, 2.05) is 38.1 Å². The van der Waals surface area contributed by atoms with Gasteiger partial charge in [-0.15, -0.1) is 0 Å². The second-order valence-corrected chi connectivity index (χ2v) is 6.85. The van der Waals surface area contributed by atoms with Gasteiger partial charge in [-0.25, -0.2) is 9.59 Å². The molecule has 0 saturated carbocycles. The summed E-state index contributed by atoms with van der Waals surface area (Å²) in [4.78, 5) is 26.4. The highest BCUT2D eigenvalue weighted by atomic mass is 16.5. The van der Waals surface area contributed by atoms with E-state index in [1.165, 1.54) is 7.11 Å². The van der Waals surface area contributed by atoms with Crippen LogP contribution in [0.3, 0.4) is 0 Å². The molecule has 0 radical (unpaired) electrons. The topological polar surface area (TPSA) is 67.9 Å². The third-order valence-electron chi connectivity index (χ3n) is 5.05. The van der Waals surface area contributed by atoms with Crippen molar-refractivity contribution in [3.05, 3.63) is 59.2 Å². The first-order valence-electron chi connectivity index (χ1n) is 8.50. The molecule has 134 valence electrons. The third kappa shape index (κ3) is 2.41. The molecular formula is C20H20N2O4. The van der Waals surface area contributed by atoms with E-state index in [0.717, 1.165) is 16.8 Å². The van der Waals surface area contributed by atoms with Crippen LogP contribution in [0.2, 0.25) is 0 Å². The van der Waals surface area contributed by atoms with Crippen LogP contribution in [-0.2, 0) is 4.74 Å². The van der Waals surface area contributed by atoms with E-state index >= 15 is 0 Å². The Bertz CT molecular complexity index is 910. The van der Waals surface area contributed by atoms with Crippen LogP contribution in [-0.4, -0.2) is 24.8 Å². The number of hydrogen-bond donors (Lipinski definition) is 1. The summed E-state index contributed by atoms with van der Waals surface area (Å²) < 4.78 is 11.0. The lowest BCUT2D eigenvalue weighted by molar-refractivity contribution is 0.0376. The van der Waals surface area contributed by atoms with Gasteiger partial charge in [-0.05, 0) is 43.7 Å². The van der Waals surface area contributed by atoms with E-state index in [0.29, 0.717) is 17.7 Å². The first kappa shape index (κ1) is 16.4. The van der Waals surface area contributed by atoms with Crippen LogP contribution in [0.1, 0.15) is 40.9 Å². The van der Waals surface area contributed by atoms with Crippen molar-refractivity contribution in [1.82, 2.24) is 5.32 Å². The van der Waals surface area contributed by atoms with Crippen LogP contribution in [0.4, 0.5) is 10.5 Å². The quantitative estimate of drug-likeness (QED) is 0.840. The fourth-order valence-electron chi connectivity index (χ4n) is 3.80. The summed E-state index contributed by atoms with van der Waals surface area (Å²) in [5.41, 5.74) is 2.24. The number of nitrogens with zero attached hydrogens (tertiary/aromatic N) is 1. The Balaban J connectivity index is 1.78. The largest absolute Gasteiger partial charge is 0.467 e. The molecule has 0 spiro atoms. The molecule has 2 aliphatic rings. The van der Waals surface area contributed by atoms with Crippen LogP contribution in [0.5, 0.6) is 5.75 Å². The molecule has 1 saturated heterocycles. The summed E-state index contributed by atoms with van der Waals surface area (Å²) in [6.45, 7) is 3.89. The van der Waals surface area contributed by atoms with E-state index in [2.05, 4.69) is 5.32 Å². The molecule has 6 heteroatoms. The highest BCUT2D eigenvalue weighted by Crippen LogP contribution is 2.46. The number of methoxy groups -OCH3 is 1. The number of ether oxygens (including phenoxy) is 2. The van der Waals surface area contributed by atoms with Gasteiger partial charge in [-0.2, -0.15) is 0 Å². The minimum absolute atomic E-state index is 0.216. The summed E-state index contributed by atoms with van der Waals surface area (Å²) in [6, 6.07) is 12.5. The SMILES string of the molecule is COC(=O)c1ccc2c(c1)[C@H]1C[C@](C)(O2)N(c2ccccc2C)C(=O)N1. The lowest BCUT2D eigenvalue weighted by Gasteiger charge is -2.51. The van der Waals surface area contributed by atoms with Crippen molar-refractivity contribution in [2.24, 2.45) is 0 Å². The van der Waals surface area contributed by atoms with Crippen molar-refractivity contribution in [1.29, 1.82) is 0 Å². The molecular weight excluding hydrogens is 332 g/mol. The van der Waals surface area contributed by atoms with Gasteiger partial charge < -0.3 is 14.8 Å². The first-order valence-corrected chi connectivity index (χ1v) is 8.50. The van der Waals surface area contributed by atoms with Crippen LogP contribution in [0.25, 0.3) is 0 Å². The number of urea groups is 1. The molecule has 2 aromatic rings. The second kappa shape index (κ2) is 5.76. The number of benzene rings is 2. The molecule has 0 aromatic heterocycles. The first-order chi connectivity index (χ1) is 12.4. The predicted molar refractivity (Wildman–Crippen MR) is 96.4 cm³/mol. The van der Waals surface area contributed by atoms with Gasteiger partial charge in [-0.3, -0.25) is 4.90 Å². The molecule has 2 aromatic carbocycles. The van der Waals surface area contributed by atoms with Gasteiger partial charge in [0.15, 0.2) is 5.72 Å². The number of hydrogen-bond acceptors (Lipinski definition) is 4. The minimum Gasteiger partial charge on any atom is -0.467 e. The Morgan fingerprint density at radius 1 is 1.31 bits per heavy atom. The van der Waals surface area contributed by atoms with Gasteiger partial charge >= 0.3 is 12.0 Å². The maximum Gasteiger partial charge on any atom is 0.337 e. The smallest absolute Gasteiger partial charge is 0.337 e. The molecule has 1 N–H and O–H groups in total. The molecule has 2 amide bonds. The Kier molecular flexibility index (Phi) is 3.64. The van der Waals surface area contributed by atoms with E-state index in [1.54, 1.807) is 23.1 Å². The van der Waals surface area contributed by atoms with Gasteiger partial charge in [0.05, 0.1) is 24.4 Å². The number of anilines is 1. The summed E-state index contributed by atoms with van der Waals surface area (Å²) >= 11 is 0. The second-order valence-electron chi connectivity index (χ2n) is 6.85. The average molecular weight is 352 g/mol. The van der Waals surface area contributed by atoms with Crippen LogP contribution in [0, 0.1) is 6.92 Å². The van der Waals surface area contributed by atoms with E-state index in [4.69, 9.17) is 9.47 Å². The number of carbonyl (C=O) groups excluding carboxylic acids is 2. The number of esters is 1. The van der Waals surface area contributed by atoms with Crippen molar-refractivity contribution in [3.8, 4) is 5.75 Å². The number of aryl methyl sites for hydroxylation is 1. The van der Waals surface area contributed by atoms with Crippen molar-refractivity contribution >= 4 is 17.7 Å². The van der Waals surface area contributed by atoms with Crippen LogP contribution < -0.4 is 15.0 Å². The lowest BCUT2D eigenvalue weighted by Crippen LogP contribution is -2.65. The van der Waals surface area contributed by atoms with Crippen molar-refractivity contribution < 1.29 is 19.1 Å². The van der Waals surface area contributed by atoms with Crippen LogP contribution >= 0.6 is 0 Å². The molecule has 1 fully saturated rings. The Morgan fingerprint density at radius 3 is 2.81 bits per heavy atom. The summed E-state index contributed by atoms with van der Waals surface area (Å²) in [5.74, 6) is 0.250. The number of fused-ring (bicyclic) bond motifs is 4. The van der Waals surface area contributed by atoms with Gasteiger partial charge in [0.2, 0.25) is 0 Å². The normalized spacial score (nSPS) is 23.6. The zero-order valence-electron chi connectivity index (χ0n) is 14.9. The minimum atomic E-state index is -0.807. The van der Waals surface area contributed by atoms with Crippen LogP contribution in [0.15, 0.2) is 42.5 Å². The van der Waals surface area contributed by atoms with Gasteiger partial charge in [-0.1, -0.05) is 18.2 Å². The molecule has 26 heavy (non-hydrogen) atoms. The molecule has 2 bridgehead atoms. The van der Waals surface area contributed by atoms with Gasteiger partial charge in [0.1, 0.15) is 5.75 Å². The Labute approximate surface area is 151 Å². The molecule has 6 nitrogen and oxygen atoms in total. The standard InChI is InChI=1S/C20H20N2O4/c1-12-6-4-5-7-16(12)22-19(24)21-15-11-20(22,2)26-17-9-8-13(10-14(15)17)18(23)25-3/h4-10,15H,11H2,1-3H3,(H,21,24)/t15-,20+/m1/s1. The average Bonchev–Trinajstić information content (AvgIpc) is 2.61. The number of carbonyl (C=O) groups is 2. The fraction of sp³-hybridized carbons (Fsp3) is 0.300. The summed E-state index contributed by atoms with van der Waals surface area (Å²) in [6.07, 6.45) is 0.574. The summed E-state index contributed by atoms with van der Waals surface area (Å²) in [5, 5.41) is 3.04. The zero-order chi connectivity index (χ0) is 18.5. The number of amides is 2. The van der Waals surface area contributed by atoms with Gasteiger partial charge in [0.25, 0.3) is 0 Å². The van der Waals surface area contributed by atoms with E-state index in [-0.39, 0.29) is 12.1 Å². The van der Waals surface area contributed by atoms with E-state index < -0.39 is 11.7 Å². The molecule has 0 unspecified atom stereocenters. The number of nitrogens with one attached hydrogen (secondary N) is 1. The highest BCUT2D eigenvalue weighted by molar-refractivity contribution is 5.96.